The number of rotatable bonds is 9. The Morgan fingerprint density at radius 1 is 1.11 bits per heavy atom. The van der Waals surface area contributed by atoms with Crippen LogP contribution in [0.4, 0.5) is 10.1 Å². The van der Waals surface area contributed by atoms with Crippen LogP contribution in [-0.4, -0.2) is 33.7 Å². The number of sulfonamides is 1. The molecule has 28 heavy (non-hydrogen) atoms. The van der Waals surface area contributed by atoms with Gasteiger partial charge in [0.05, 0.1) is 11.9 Å². The highest BCUT2D eigenvalue weighted by atomic mass is 32.2. The third kappa shape index (κ3) is 6.64. The summed E-state index contributed by atoms with van der Waals surface area (Å²) in [4.78, 5) is 12.0. The Hall–Kier alpha value is -2.41. The summed E-state index contributed by atoms with van der Waals surface area (Å²) in [5, 5.41) is 2.82. The van der Waals surface area contributed by atoms with E-state index in [0.29, 0.717) is 25.1 Å². The summed E-state index contributed by atoms with van der Waals surface area (Å²) in [6, 6.07) is 11.8. The monoisotopic (exact) mass is 406 g/mol. The molecule has 0 unspecified atom stereocenters. The predicted molar refractivity (Wildman–Crippen MR) is 110 cm³/mol. The zero-order valence-electron chi connectivity index (χ0n) is 16.5. The van der Waals surface area contributed by atoms with Crippen LogP contribution in [0.5, 0.6) is 0 Å². The molecule has 0 heterocycles. The fraction of sp³-hybridized carbons (Fsp3) is 0.381. The SMILES string of the molecule is Cc1ccc(N(CCCC(=O)NCCc2ccc(F)cc2)S(C)(=O)=O)c(C)c1. The molecule has 0 atom stereocenters. The van der Waals surface area contributed by atoms with Gasteiger partial charge in [-0.1, -0.05) is 29.8 Å². The van der Waals surface area contributed by atoms with E-state index < -0.39 is 10.0 Å². The number of amides is 1. The first-order valence-corrected chi connectivity index (χ1v) is 11.1. The van der Waals surface area contributed by atoms with Gasteiger partial charge in [0.1, 0.15) is 5.82 Å². The summed E-state index contributed by atoms with van der Waals surface area (Å²) >= 11 is 0. The van der Waals surface area contributed by atoms with Crippen LogP contribution < -0.4 is 9.62 Å². The number of halogens is 1. The van der Waals surface area contributed by atoms with Crippen molar-refractivity contribution in [1.82, 2.24) is 5.32 Å². The van der Waals surface area contributed by atoms with Crippen molar-refractivity contribution in [2.75, 3.05) is 23.7 Å². The Balaban J connectivity index is 1.84. The quantitative estimate of drug-likeness (QED) is 0.695. The Kier molecular flexibility index (Phi) is 7.57. The fourth-order valence-electron chi connectivity index (χ4n) is 3.02. The van der Waals surface area contributed by atoms with Crippen LogP contribution in [0.1, 0.15) is 29.5 Å². The molecule has 0 aliphatic carbocycles. The minimum atomic E-state index is -3.44. The highest BCUT2D eigenvalue weighted by molar-refractivity contribution is 7.92. The van der Waals surface area contributed by atoms with Gasteiger partial charge in [0, 0.05) is 19.5 Å². The van der Waals surface area contributed by atoms with Crippen LogP contribution >= 0.6 is 0 Å². The zero-order valence-corrected chi connectivity index (χ0v) is 17.4. The average Bonchev–Trinajstić information content (AvgIpc) is 2.60. The number of anilines is 1. The number of nitrogens with one attached hydrogen (secondary N) is 1. The number of aryl methyl sites for hydroxylation is 2. The van der Waals surface area contributed by atoms with E-state index in [1.165, 1.54) is 22.7 Å². The van der Waals surface area contributed by atoms with Crippen molar-refractivity contribution in [1.29, 1.82) is 0 Å². The second kappa shape index (κ2) is 9.68. The summed E-state index contributed by atoms with van der Waals surface area (Å²) in [7, 11) is -3.44. The molecular weight excluding hydrogens is 379 g/mol. The molecular formula is C21H27FN2O3S. The van der Waals surface area contributed by atoms with Crippen LogP contribution in [-0.2, 0) is 21.2 Å². The summed E-state index contributed by atoms with van der Waals surface area (Å²) < 4.78 is 38.6. The maximum Gasteiger partial charge on any atom is 0.232 e. The molecule has 0 fully saturated rings. The fourth-order valence-corrected chi connectivity index (χ4v) is 4.04. The first-order chi connectivity index (χ1) is 13.2. The summed E-state index contributed by atoms with van der Waals surface area (Å²) in [6.45, 7) is 4.53. The van der Waals surface area contributed by atoms with Crippen LogP contribution in [0, 0.1) is 19.7 Å². The van der Waals surface area contributed by atoms with Crippen LogP contribution in [0.15, 0.2) is 42.5 Å². The standard InChI is InChI=1S/C21H27FN2O3S/c1-16-6-11-20(17(2)15-16)24(28(3,26)27)14-4-5-21(25)23-13-12-18-7-9-19(22)10-8-18/h6-11,15H,4-5,12-14H2,1-3H3,(H,23,25). The largest absolute Gasteiger partial charge is 0.356 e. The van der Waals surface area contributed by atoms with E-state index in [4.69, 9.17) is 0 Å². The second-order valence-corrected chi connectivity index (χ2v) is 8.86. The first kappa shape index (κ1) is 21.9. The highest BCUT2D eigenvalue weighted by Gasteiger charge is 2.19. The van der Waals surface area contributed by atoms with Crippen molar-refractivity contribution in [3.05, 3.63) is 65.0 Å². The van der Waals surface area contributed by atoms with Gasteiger partial charge in [-0.2, -0.15) is 0 Å². The van der Waals surface area contributed by atoms with E-state index >= 15 is 0 Å². The number of nitrogens with zero attached hydrogens (tertiary/aromatic N) is 1. The molecule has 152 valence electrons. The van der Waals surface area contributed by atoms with Crippen molar-refractivity contribution in [3.8, 4) is 0 Å². The molecule has 0 saturated carbocycles. The Morgan fingerprint density at radius 2 is 1.79 bits per heavy atom. The summed E-state index contributed by atoms with van der Waals surface area (Å²) in [5.41, 5.74) is 3.54. The van der Waals surface area contributed by atoms with Crippen molar-refractivity contribution in [2.45, 2.75) is 33.1 Å². The van der Waals surface area contributed by atoms with Gasteiger partial charge in [-0.3, -0.25) is 9.10 Å². The lowest BCUT2D eigenvalue weighted by Gasteiger charge is -2.24. The van der Waals surface area contributed by atoms with Crippen molar-refractivity contribution in [2.24, 2.45) is 0 Å². The smallest absolute Gasteiger partial charge is 0.232 e. The van der Waals surface area contributed by atoms with Gasteiger partial charge >= 0.3 is 0 Å². The number of benzene rings is 2. The Labute approximate surface area is 166 Å². The molecule has 0 saturated heterocycles. The normalized spacial score (nSPS) is 11.3. The molecule has 0 radical (unpaired) electrons. The molecule has 2 aromatic carbocycles. The maximum absolute atomic E-state index is 12.9. The maximum atomic E-state index is 12.9. The molecule has 7 heteroatoms. The van der Waals surface area contributed by atoms with Gasteiger partial charge in [-0.15, -0.1) is 0 Å². The third-order valence-corrected chi connectivity index (χ3v) is 5.62. The van der Waals surface area contributed by atoms with Crippen LogP contribution in [0.25, 0.3) is 0 Å². The minimum Gasteiger partial charge on any atom is -0.356 e. The van der Waals surface area contributed by atoms with Crippen LogP contribution in [0.3, 0.4) is 0 Å². The summed E-state index contributed by atoms with van der Waals surface area (Å²) in [5.74, 6) is -0.414. The molecule has 0 bridgehead atoms. The van der Waals surface area contributed by atoms with E-state index in [2.05, 4.69) is 5.32 Å². The molecule has 2 aromatic rings. The third-order valence-electron chi connectivity index (χ3n) is 4.44. The lowest BCUT2D eigenvalue weighted by Crippen LogP contribution is -2.33. The van der Waals surface area contributed by atoms with Crippen molar-refractivity contribution in [3.63, 3.8) is 0 Å². The van der Waals surface area contributed by atoms with Gasteiger partial charge < -0.3 is 5.32 Å². The molecule has 5 nitrogen and oxygen atoms in total. The van der Waals surface area contributed by atoms with E-state index in [1.807, 2.05) is 26.0 Å². The minimum absolute atomic E-state index is 0.129. The molecule has 0 aromatic heterocycles. The van der Waals surface area contributed by atoms with Gasteiger partial charge in [-0.25, -0.2) is 12.8 Å². The number of carbonyl (C=O) groups excluding carboxylic acids is 1. The van der Waals surface area contributed by atoms with Crippen molar-refractivity contribution >= 4 is 21.6 Å². The Bertz CT molecular complexity index is 912. The van der Waals surface area contributed by atoms with E-state index in [1.54, 1.807) is 18.2 Å². The zero-order chi connectivity index (χ0) is 20.7. The van der Waals surface area contributed by atoms with E-state index in [9.17, 15) is 17.6 Å². The van der Waals surface area contributed by atoms with Gasteiger partial charge in [0.25, 0.3) is 0 Å². The van der Waals surface area contributed by atoms with Crippen molar-refractivity contribution < 1.29 is 17.6 Å². The average molecular weight is 407 g/mol. The number of hydrogen-bond acceptors (Lipinski definition) is 3. The van der Waals surface area contributed by atoms with Gasteiger partial charge in [0.15, 0.2) is 0 Å². The lowest BCUT2D eigenvalue weighted by molar-refractivity contribution is -0.121. The summed E-state index contributed by atoms with van der Waals surface area (Å²) in [6.07, 6.45) is 2.45. The molecule has 0 aliphatic rings. The highest BCUT2D eigenvalue weighted by Crippen LogP contribution is 2.24. The predicted octanol–water partition coefficient (Wildman–Crippen LogP) is 3.35. The molecule has 0 spiro atoms. The second-order valence-electron chi connectivity index (χ2n) is 6.96. The molecule has 2 rings (SSSR count). The molecule has 0 aliphatic heterocycles. The number of hydrogen-bond donors (Lipinski definition) is 1. The van der Waals surface area contributed by atoms with Crippen LogP contribution in [0.2, 0.25) is 0 Å². The molecule has 1 N–H and O–H groups in total. The van der Waals surface area contributed by atoms with E-state index in [0.717, 1.165) is 16.7 Å². The number of carbonyl (C=O) groups is 1. The Morgan fingerprint density at radius 3 is 2.39 bits per heavy atom. The van der Waals surface area contributed by atoms with Gasteiger partial charge in [-0.05, 0) is 56.0 Å². The molecule has 1 amide bonds. The van der Waals surface area contributed by atoms with E-state index in [-0.39, 0.29) is 24.7 Å². The lowest BCUT2D eigenvalue weighted by atomic mass is 10.1. The topological polar surface area (TPSA) is 66.5 Å². The first-order valence-electron chi connectivity index (χ1n) is 9.23. The van der Waals surface area contributed by atoms with Gasteiger partial charge in [0.2, 0.25) is 15.9 Å².